The molecule has 1 aliphatic heterocycles. The zero-order chi connectivity index (χ0) is 14.8. The SMILES string of the molecule is CNC(CN1CCC(C(C)(C)C)C1)c1ccc(C)cc1. The van der Waals surface area contributed by atoms with Gasteiger partial charge in [-0.25, -0.2) is 0 Å². The molecule has 0 saturated carbocycles. The van der Waals surface area contributed by atoms with Crippen molar-refractivity contribution in [2.45, 2.75) is 40.2 Å². The van der Waals surface area contributed by atoms with Crippen molar-refractivity contribution in [3.63, 3.8) is 0 Å². The second-order valence-corrected chi connectivity index (χ2v) is 7.36. The molecule has 0 amide bonds. The summed E-state index contributed by atoms with van der Waals surface area (Å²) in [6.45, 7) is 12.9. The molecule has 0 aliphatic carbocycles. The molecule has 1 aromatic rings. The van der Waals surface area contributed by atoms with Gasteiger partial charge in [0.15, 0.2) is 0 Å². The fourth-order valence-corrected chi connectivity index (χ4v) is 3.13. The van der Waals surface area contributed by atoms with Gasteiger partial charge in [0.25, 0.3) is 0 Å². The Hall–Kier alpha value is -0.860. The van der Waals surface area contributed by atoms with Crippen LogP contribution in [0, 0.1) is 18.3 Å². The van der Waals surface area contributed by atoms with Gasteiger partial charge in [-0.15, -0.1) is 0 Å². The Labute approximate surface area is 124 Å². The predicted molar refractivity (Wildman–Crippen MR) is 87.0 cm³/mol. The van der Waals surface area contributed by atoms with E-state index < -0.39 is 0 Å². The standard InChI is InChI=1S/C18H30N2/c1-14-6-8-15(9-7-14)17(19-5)13-20-11-10-16(12-20)18(2,3)4/h6-9,16-17,19H,10-13H2,1-5H3. The first kappa shape index (κ1) is 15.5. The van der Waals surface area contributed by atoms with E-state index in [2.05, 4.69) is 69.2 Å². The highest BCUT2D eigenvalue weighted by Gasteiger charge is 2.32. The Morgan fingerprint density at radius 3 is 2.40 bits per heavy atom. The summed E-state index contributed by atoms with van der Waals surface area (Å²) >= 11 is 0. The van der Waals surface area contributed by atoms with Crippen molar-refractivity contribution in [1.82, 2.24) is 10.2 Å². The molecule has 0 bridgehead atoms. The average Bonchev–Trinajstić information content (AvgIpc) is 2.85. The van der Waals surface area contributed by atoms with Gasteiger partial charge in [-0.3, -0.25) is 0 Å². The van der Waals surface area contributed by atoms with Crippen LogP contribution in [0.2, 0.25) is 0 Å². The molecule has 20 heavy (non-hydrogen) atoms. The van der Waals surface area contributed by atoms with Crippen LogP contribution in [0.15, 0.2) is 24.3 Å². The molecule has 0 radical (unpaired) electrons. The molecule has 1 N–H and O–H groups in total. The maximum absolute atomic E-state index is 3.48. The van der Waals surface area contributed by atoms with E-state index in [-0.39, 0.29) is 0 Å². The lowest BCUT2D eigenvalue weighted by Gasteiger charge is -2.28. The van der Waals surface area contributed by atoms with E-state index in [4.69, 9.17) is 0 Å². The minimum absolute atomic E-state index is 0.438. The third-order valence-corrected chi connectivity index (χ3v) is 4.77. The van der Waals surface area contributed by atoms with Gasteiger partial charge in [0.1, 0.15) is 0 Å². The van der Waals surface area contributed by atoms with Crippen LogP contribution in [0.4, 0.5) is 0 Å². The van der Waals surface area contributed by atoms with Crippen molar-refractivity contribution in [2.24, 2.45) is 11.3 Å². The van der Waals surface area contributed by atoms with E-state index in [1.54, 1.807) is 0 Å². The molecule has 1 aliphatic rings. The zero-order valence-electron chi connectivity index (χ0n) is 13.7. The molecule has 0 spiro atoms. The molecule has 2 atom stereocenters. The Balaban J connectivity index is 1.96. The third kappa shape index (κ3) is 3.83. The molecular weight excluding hydrogens is 244 g/mol. The number of benzene rings is 1. The molecule has 2 unspecified atom stereocenters. The van der Waals surface area contributed by atoms with Gasteiger partial charge in [-0.05, 0) is 43.8 Å². The minimum atomic E-state index is 0.438. The van der Waals surface area contributed by atoms with Crippen LogP contribution >= 0.6 is 0 Å². The molecule has 2 nitrogen and oxygen atoms in total. The van der Waals surface area contributed by atoms with Gasteiger partial charge in [-0.2, -0.15) is 0 Å². The van der Waals surface area contributed by atoms with Crippen molar-refractivity contribution in [1.29, 1.82) is 0 Å². The molecule has 2 heteroatoms. The number of likely N-dealkylation sites (tertiary alicyclic amines) is 1. The number of rotatable bonds is 4. The number of nitrogens with one attached hydrogen (secondary N) is 1. The molecule has 0 aromatic heterocycles. The fourth-order valence-electron chi connectivity index (χ4n) is 3.13. The van der Waals surface area contributed by atoms with Crippen LogP contribution in [0.1, 0.15) is 44.4 Å². The lowest BCUT2D eigenvalue weighted by Crippen LogP contribution is -2.33. The Morgan fingerprint density at radius 2 is 1.90 bits per heavy atom. The monoisotopic (exact) mass is 274 g/mol. The first-order chi connectivity index (χ1) is 9.40. The lowest BCUT2D eigenvalue weighted by molar-refractivity contribution is 0.221. The van der Waals surface area contributed by atoms with Gasteiger partial charge >= 0.3 is 0 Å². The van der Waals surface area contributed by atoms with E-state index in [9.17, 15) is 0 Å². The molecular formula is C18H30N2. The normalized spacial score (nSPS) is 22.1. The largest absolute Gasteiger partial charge is 0.312 e. The molecule has 1 fully saturated rings. The van der Waals surface area contributed by atoms with Crippen molar-refractivity contribution < 1.29 is 0 Å². The van der Waals surface area contributed by atoms with Crippen LogP contribution in [0.3, 0.4) is 0 Å². The van der Waals surface area contributed by atoms with Crippen molar-refractivity contribution >= 4 is 0 Å². The molecule has 2 rings (SSSR count). The second-order valence-electron chi connectivity index (χ2n) is 7.36. The summed E-state index contributed by atoms with van der Waals surface area (Å²) in [6.07, 6.45) is 1.34. The summed E-state index contributed by atoms with van der Waals surface area (Å²) in [6, 6.07) is 9.37. The topological polar surface area (TPSA) is 15.3 Å². The fraction of sp³-hybridized carbons (Fsp3) is 0.667. The van der Waals surface area contributed by atoms with Crippen LogP contribution in [-0.4, -0.2) is 31.6 Å². The third-order valence-electron chi connectivity index (χ3n) is 4.77. The van der Waals surface area contributed by atoms with Crippen LogP contribution in [0.5, 0.6) is 0 Å². The van der Waals surface area contributed by atoms with E-state index >= 15 is 0 Å². The Morgan fingerprint density at radius 1 is 1.25 bits per heavy atom. The number of aryl methyl sites for hydroxylation is 1. The van der Waals surface area contributed by atoms with E-state index in [1.807, 2.05) is 0 Å². The summed E-state index contributed by atoms with van der Waals surface area (Å²) in [5, 5.41) is 3.48. The number of hydrogen-bond acceptors (Lipinski definition) is 2. The number of hydrogen-bond donors (Lipinski definition) is 1. The maximum atomic E-state index is 3.48. The van der Waals surface area contributed by atoms with E-state index in [0.717, 1.165) is 12.5 Å². The van der Waals surface area contributed by atoms with E-state index in [0.29, 0.717) is 11.5 Å². The van der Waals surface area contributed by atoms with Gasteiger partial charge < -0.3 is 10.2 Å². The highest BCUT2D eigenvalue weighted by atomic mass is 15.2. The highest BCUT2D eigenvalue weighted by molar-refractivity contribution is 5.24. The molecule has 1 heterocycles. The van der Waals surface area contributed by atoms with Gasteiger partial charge in [0.05, 0.1) is 0 Å². The molecule has 1 aromatic carbocycles. The average molecular weight is 274 g/mol. The van der Waals surface area contributed by atoms with Crippen molar-refractivity contribution in [3.8, 4) is 0 Å². The Bertz CT molecular complexity index is 416. The first-order valence-electron chi connectivity index (χ1n) is 7.86. The zero-order valence-corrected chi connectivity index (χ0v) is 13.7. The number of nitrogens with zero attached hydrogens (tertiary/aromatic N) is 1. The van der Waals surface area contributed by atoms with Crippen molar-refractivity contribution in [2.75, 3.05) is 26.7 Å². The summed E-state index contributed by atoms with van der Waals surface area (Å²) in [5.74, 6) is 0.832. The van der Waals surface area contributed by atoms with Gasteiger partial charge in [0, 0.05) is 19.1 Å². The summed E-state index contributed by atoms with van der Waals surface area (Å²) < 4.78 is 0. The van der Waals surface area contributed by atoms with Crippen LogP contribution in [0.25, 0.3) is 0 Å². The van der Waals surface area contributed by atoms with Crippen molar-refractivity contribution in [3.05, 3.63) is 35.4 Å². The molecule has 1 saturated heterocycles. The number of likely N-dealkylation sites (N-methyl/N-ethyl adjacent to an activating group) is 1. The summed E-state index contributed by atoms with van der Waals surface area (Å²) in [4.78, 5) is 2.62. The van der Waals surface area contributed by atoms with E-state index in [1.165, 1.54) is 30.6 Å². The summed E-state index contributed by atoms with van der Waals surface area (Å²) in [7, 11) is 2.07. The first-order valence-corrected chi connectivity index (χ1v) is 7.86. The Kier molecular flexibility index (Phi) is 4.87. The maximum Gasteiger partial charge on any atom is 0.0446 e. The summed E-state index contributed by atoms with van der Waals surface area (Å²) in [5.41, 5.74) is 3.17. The van der Waals surface area contributed by atoms with Gasteiger partial charge in [0.2, 0.25) is 0 Å². The smallest absolute Gasteiger partial charge is 0.0446 e. The predicted octanol–water partition coefficient (Wildman–Crippen LogP) is 3.62. The quantitative estimate of drug-likeness (QED) is 0.902. The van der Waals surface area contributed by atoms with Crippen LogP contribution < -0.4 is 5.32 Å². The molecule has 112 valence electrons. The second kappa shape index (κ2) is 6.28. The van der Waals surface area contributed by atoms with Gasteiger partial charge in [-0.1, -0.05) is 50.6 Å². The highest BCUT2D eigenvalue weighted by Crippen LogP contribution is 2.34. The lowest BCUT2D eigenvalue weighted by atomic mass is 9.80. The minimum Gasteiger partial charge on any atom is -0.312 e. The van der Waals surface area contributed by atoms with Crippen LogP contribution in [-0.2, 0) is 0 Å².